The van der Waals surface area contributed by atoms with Crippen molar-refractivity contribution in [3.8, 4) is 11.4 Å². The summed E-state index contributed by atoms with van der Waals surface area (Å²) in [5, 5.41) is 0. The first kappa shape index (κ1) is 9.84. The Morgan fingerprint density at radius 1 is 0.867 bits per heavy atom. The Hall–Kier alpha value is -1.70. The standard InChI is InChI=1S/C11H8N2.C2H6/c1-3-8-7-9-4-2-6-13-11(9)10(8)12-5-1;1-2/h1-6H,7H2;1-2H3. The summed E-state index contributed by atoms with van der Waals surface area (Å²) in [7, 11) is 0. The molecule has 0 saturated heterocycles. The molecule has 0 aliphatic heterocycles. The third-order valence-electron chi connectivity index (χ3n) is 2.39. The summed E-state index contributed by atoms with van der Waals surface area (Å²) in [4.78, 5) is 8.68. The van der Waals surface area contributed by atoms with Gasteiger partial charge in [-0.2, -0.15) is 0 Å². The minimum Gasteiger partial charge on any atom is -0.254 e. The molecule has 0 unspecified atom stereocenters. The zero-order chi connectivity index (χ0) is 10.7. The van der Waals surface area contributed by atoms with Crippen LogP contribution in [0.5, 0.6) is 0 Å². The zero-order valence-corrected chi connectivity index (χ0v) is 9.07. The van der Waals surface area contributed by atoms with Crippen molar-refractivity contribution in [2.75, 3.05) is 0 Å². The van der Waals surface area contributed by atoms with Gasteiger partial charge in [-0.3, -0.25) is 9.97 Å². The molecule has 76 valence electrons. The number of rotatable bonds is 0. The lowest BCUT2D eigenvalue weighted by atomic mass is 10.2. The van der Waals surface area contributed by atoms with Gasteiger partial charge in [0, 0.05) is 18.8 Å². The van der Waals surface area contributed by atoms with Crippen LogP contribution in [0.2, 0.25) is 0 Å². The van der Waals surface area contributed by atoms with E-state index in [1.54, 1.807) is 0 Å². The fraction of sp³-hybridized carbons (Fsp3) is 0.231. The van der Waals surface area contributed by atoms with Gasteiger partial charge in [0.2, 0.25) is 0 Å². The van der Waals surface area contributed by atoms with Crippen molar-refractivity contribution in [2.24, 2.45) is 0 Å². The molecule has 2 nitrogen and oxygen atoms in total. The molecule has 2 heteroatoms. The molecule has 0 aromatic carbocycles. The van der Waals surface area contributed by atoms with E-state index in [4.69, 9.17) is 0 Å². The Labute approximate surface area is 90.0 Å². The van der Waals surface area contributed by atoms with Gasteiger partial charge in [-0.05, 0) is 23.3 Å². The Kier molecular flexibility index (Phi) is 2.77. The number of pyridine rings is 2. The Morgan fingerprint density at radius 2 is 1.33 bits per heavy atom. The van der Waals surface area contributed by atoms with Crippen molar-refractivity contribution in [2.45, 2.75) is 20.3 Å². The highest BCUT2D eigenvalue weighted by Gasteiger charge is 2.19. The van der Waals surface area contributed by atoms with Crippen LogP contribution in [-0.4, -0.2) is 9.97 Å². The Morgan fingerprint density at radius 3 is 1.80 bits per heavy atom. The molecule has 0 atom stereocenters. The normalized spacial score (nSPS) is 11.1. The van der Waals surface area contributed by atoms with E-state index < -0.39 is 0 Å². The highest BCUT2D eigenvalue weighted by molar-refractivity contribution is 5.69. The smallest absolute Gasteiger partial charge is 0.0924 e. The lowest BCUT2D eigenvalue weighted by Gasteiger charge is -1.95. The molecule has 0 bridgehead atoms. The van der Waals surface area contributed by atoms with Crippen molar-refractivity contribution in [1.29, 1.82) is 0 Å². The van der Waals surface area contributed by atoms with E-state index in [0.29, 0.717) is 0 Å². The molecule has 15 heavy (non-hydrogen) atoms. The Bertz CT molecular complexity index is 420. The second-order valence-electron chi connectivity index (χ2n) is 3.20. The maximum atomic E-state index is 4.34. The van der Waals surface area contributed by atoms with Crippen molar-refractivity contribution in [1.82, 2.24) is 9.97 Å². The minimum absolute atomic E-state index is 0.979. The molecule has 0 radical (unpaired) electrons. The summed E-state index contributed by atoms with van der Waals surface area (Å²) >= 11 is 0. The van der Waals surface area contributed by atoms with Crippen LogP contribution in [0, 0.1) is 0 Å². The SMILES string of the molecule is CC.c1cnc2c(c1)Cc1cccnc1-2. The molecule has 0 saturated carbocycles. The van der Waals surface area contributed by atoms with Crippen molar-refractivity contribution in [3.63, 3.8) is 0 Å². The molecule has 2 aromatic rings. The molecule has 2 aromatic heterocycles. The van der Waals surface area contributed by atoms with Gasteiger partial charge in [0.1, 0.15) is 0 Å². The molecule has 1 aliphatic carbocycles. The lowest BCUT2D eigenvalue weighted by Crippen LogP contribution is -1.84. The van der Waals surface area contributed by atoms with E-state index in [9.17, 15) is 0 Å². The summed E-state index contributed by atoms with van der Waals surface area (Å²) in [6.45, 7) is 4.00. The second kappa shape index (κ2) is 4.22. The maximum Gasteiger partial charge on any atom is 0.0924 e. The summed E-state index contributed by atoms with van der Waals surface area (Å²) < 4.78 is 0. The number of hydrogen-bond acceptors (Lipinski definition) is 2. The fourth-order valence-corrected chi connectivity index (χ4v) is 1.79. The third kappa shape index (κ3) is 1.63. The highest BCUT2D eigenvalue weighted by atomic mass is 14.8. The molecule has 0 N–H and O–H groups in total. The van der Waals surface area contributed by atoms with Crippen molar-refractivity contribution in [3.05, 3.63) is 47.8 Å². The molecular formula is C13H14N2. The van der Waals surface area contributed by atoms with Gasteiger partial charge in [0.25, 0.3) is 0 Å². The van der Waals surface area contributed by atoms with Gasteiger partial charge in [-0.1, -0.05) is 26.0 Å². The molecule has 2 heterocycles. The third-order valence-corrected chi connectivity index (χ3v) is 2.39. The lowest BCUT2D eigenvalue weighted by molar-refractivity contribution is 1.22. The van der Waals surface area contributed by atoms with Crippen LogP contribution < -0.4 is 0 Å². The molecule has 0 amide bonds. The van der Waals surface area contributed by atoms with Crippen LogP contribution >= 0.6 is 0 Å². The van der Waals surface area contributed by atoms with E-state index in [2.05, 4.69) is 22.1 Å². The number of nitrogens with zero attached hydrogens (tertiary/aromatic N) is 2. The average molecular weight is 198 g/mol. The van der Waals surface area contributed by atoms with Gasteiger partial charge in [-0.15, -0.1) is 0 Å². The topological polar surface area (TPSA) is 25.8 Å². The van der Waals surface area contributed by atoms with E-state index in [1.807, 2.05) is 38.4 Å². The van der Waals surface area contributed by atoms with E-state index >= 15 is 0 Å². The monoisotopic (exact) mass is 198 g/mol. The predicted molar refractivity (Wildman–Crippen MR) is 61.6 cm³/mol. The van der Waals surface area contributed by atoms with Crippen LogP contribution in [0.1, 0.15) is 25.0 Å². The summed E-state index contributed by atoms with van der Waals surface area (Å²) in [5.41, 5.74) is 4.68. The molecular weight excluding hydrogens is 184 g/mol. The molecule has 0 spiro atoms. The van der Waals surface area contributed by atoms with Gasteiger partial charge in [-0.25, -0.2) is 0 Å². The summed E-state index contributed by atoms with van der Waals surface area (Å²) in [5.74, 6) is 0. The van der Waals surface area contributed by atoms with Gasteiger partial charge in [0.05, 0.1) is 11.4 Å². The second-order valence-corrected chi connectivity index (χ2v) is 3.20. The largest absolute Gasteiger partial charge is 0.254 e. The fourth-order valence-electron chi connectivity index (χ4n) is 1.79. The van der Waals surface area contributed by atoms with Crippen LogP contribution in [0.3, 0.4) is 0 Å². The van der Waals surface area contributed by atoms with E-state index in [1.165, 1.54) is 11.1 Å². The summed E-state index contributed by atoms with van der Waals surface area (Å²) in [6, 6.07) is 8.18. The van der Waals surface area contributed by atoms with E-state index in [0.717, 1.165) is 17.8 Å². The van der Waals surface area contributed by atoms with Gasteiger partial charge >= 0.3 is 0 Å². The zero-order valence-electron chi connectivity index (χ0n) is 9.07. The quantitative estimate of drug-likeness (QED) is 0.554. The van der Waals surface area contributed by atoms with Crippen molar-refractivity contribution < 1.29 is 0 Å². The van der Waals surface area contributed by atoms with Crippen LogP contribution in [-0.2, 0) is 6.42 Å². The summed E-state index contributed by atoms with van der Waals surface area (Å²) in [6.07, 6.45) is 4.62. The minimum atomic E-state index is 0.979. The van der Waals surface area contributed by atoms with Crippen LogP contribution in [0.15, 0.2) is 36.7 Å². The van der Waals surface area contributed by atoms with Crippen LogP contribution in [0.4, 0.5) is 0 Å². The number of fused-ring (bicyclic) bond motifs is 3. The van der Waals surface area contributed by atoms with Crippen LogP contribution in [0.25, 0.3) is 11.4 Å². The first-order chi connectivity index (χ1) is 7.45. The van der Waals surface area contributed by atoms with Gasteiger partial charge < -0.3 is 0 Å². The van der Waals surface area contributed by atoms with Crippen molar-refractivity contribution >= 4 is 0 Å². The van der Waals surface area contributed by atoms with E-state index in [-0.39, 0.29) is 0 Å². The molecule has 3 rings (SSSR count). The number of hydrogen-bond donors (Lipinski definition) is 0. The number of aromatic nitrogens is 2. The molecule has 0 fully saturated rings. The van der Waals surface area contributed by atoms with Gasteiger partial charge in [0.15, 0.2) is 0 Å². The predicted octanol–water partition coefficient (Wildman–Crippen LogP) is 3.07. The average Bonchev–Trinajstić information content (AvgIpc) is 2.70. The highest BCUT2D eigenvalue weighted by Crippen LogP contribution is 2.31. The molecule has 1 aliphatic rings. The maximum absolute atomic E-state index is 4.34. The first-order valence-corrected chi connectivity index (χ1v) is 5.33. The Balaban J connectivity index is 0.000000404. The first-order valence-electron chi connectivity index (χ1n) is 5.33.